The molecule has 40 heavy (non-hydrogen) atoms. The first-order valence-corrected chi connectivity index (χ1v) is 15.4. The number of anilines is 1. The molecule has 1 heterocycles. The fraction of sp³-hybridized carbons (Fsp3) is 0.406. The summed E-state index contributed by atoms with van der Waals surface area (Å²) >= 11 is 0. The van der Waals surface area contributed by atoms with Crippen molar-refractivity contribution in [2.24, 2.45) is 5.41 Å². The Labute approximate surface area is 237 Å². The predicted molar refractivity (Wildman–Crippen MR) is 157 cm³/mol. The highest BCUT2D eigenvalue weighted by molar-refractivity contribution is 6.80. The number of nitrogens with zero attached hydrogens (tertiary/aromatic N) is 1. The largest absolute Gasteiger partial charge is 0.469 e. The summed E-state index contributed by atoms with van der Waals surface area (Å²) in [6, 6.07) is 21.7. The van der Waals surface area contributed by atoms with Crippen LogP contribution in [0.2, 0.25) is 0 Å². The molecular formula is C32H39F2NO4Si. The van der Waals surface area contributed by atoms with Gasteiger partial charge in [0.05, 0.1) is 37.5 Å². The lowest BCUT2D eigenvalue weighted by atomic mass is 9.83. The van der Waals surface area contributed by atoms with Crippen molar-refractivity contribution in [2.75, 3.05) is 25.1 Å². The molecular weight excluding hydrogens is 528 g/mol. The van der Waals surface area contributed by atoms with Crippen LogP contribution < -0.4 is 15.3 Å². The molecule has 0 N–H and O–H groups in total. The molecule has 0 bridgehead atoms. The molecule has 3 atom stereocenters. The van der Waals surface area contributed by atoms with Crippen molar-refractivity contribution in [3.8, 4) is 0 Å². The number of hydrogen-bond donors (Lipinski definition) is 0. The van der Waals surface area contributed by atoms with Crippen LogP contribution in [0, 0.1) is 17.0 Å². The fourth-order valence-corrected chi connectivity index (χ4v) is 8.08. The second-order valence-corrected chi connectivity index (χ2v) is 14.0. The van der Waals surface area contributed by atoms with Gasteiger partial charge in [-0.1, -0.05) is 81.4 Å². The Bertz CT molecular complexity index is 1250. The Balaban J connectivity index is 1.92. The number of halogens is 2. The van der Waals surface area contributed by atoms with Crippen LogP contribution in [0.5, 0.6) is 0 Å². The highest BCUT2D eigenvalue weighted by Gasteiger charge is 2.38. The molecule has 5 nitrogen and oxygen atoms in total. The second-order valence-electron chi connectivity index (χ2n) is 11.6. The highest BCUT2D eigenvalue weighted by Crippen LogP contribution is 2.44. The van der Waals surface area contributed by atoms with Gasteiger partial charge in [-0.15, -0.1) is 0 Å². The summed E-state index contributed by atoms with van der Waals surface area (Å²) in [7, 11) is -1.06. The minimum atomic E-state index is -2.30. The monoisotopic (exact) mass is 567 g/mol. The number of rotatable bonds is 8. The normalized spacial score (nSPS) is 18.6. The molecule has 0 aromatic heterocycles. The Morgan fingerprint density at radius 1 is 0.975 bits per heavy atom. The van der Waals surface area contributed by atoms with Crippen LogP contribution in [0.3, 0.4) is 0 Å². The number of carbonyl (C=O) groups is 1. The van der Waals surface area contributed by atoms with Gasteiger partial charge in [0.15, 0.2) is 11.6 Å². The van der Waals surface area contributed by atoms with E-state index in [1.807, 2.05) is 75.9 Å². The van der Waals surface area contributed by atoms with Crippen molar-refractivity contribution in [1.82, 2.24) is 0 Å². The summed E-state index contributed by atoms with van der Waals surface area (Å²) in [6.07, 6.45) is -1.32. The van der Waals surface area contributed by atoms with Gasteiger partial charge in [-0.05, 0) is 35.7 Å². The van der Waals surface area contributed by atoms with E-state index in [2.05, 4.69) is 24.3 Å². The van der Waals surface area contributed by atoms with E-state index in [4.69, 9.17) is 13.9 Å². The quantitative estimate of drug-likeness (QED) is 0.285. The van der Waals surface area contributed by atoms with Gasteiger partial charge in [0.25, 0.3) is 0 Å². The van der Waals surface area contributed by atoms with Crippen molar-refractivity contribution in [1.29, 1.82) is 0 Å². The van der Waals surface area contributed by atoms with E-state index in [9.17, 15) is 4.79 Å². The van der Waals surface area contributed by atoms with E-state index in [0.717, 1.165) is 10.4 Å². The van der Waals surface area contributed by atoms with Gasteiger partial charge < -0.3 is 18.8 Å². The minimum absolute atomic E-state index is 0.0482. The summed E-state index contributed by atoms with van der Waals surface area (Å²) < 4.78 is 49.6. The predicted octanol–water partition coefficient (Wildman–Crippen LogP) is 4.94. The van der Waals surface area contributed by atoms with Crippen LogP contribution in [0.1, 0.15) is 51.8 Å². The third-order valence-corrected chi connectivity index (χ3v) is 9.65. The summed E-state index contributed by atoms with van der Waals surface area (Å²) in [5.41, 5.74) is 0.144. The summed E-state index contributed by atoms with van der Waals surface area (Å²) in [5, 5.41) is 2.16. The third-order valence-electron chi connectivity index (χ3n) is 7.13. The number of hydrogen-bond acceptors (Lipinski definition) is 5. The Morgan fingerprint density at radius 3 is 1.98 bits per heavy atom. The molecule has 4 rings (SSSR count). The number of benzene rings is 3. The number of ether oxygens (including phenoxy) is 2. The molecule has 1 aliphatic heterocycles. The van der Waals surface area contributed by atoms with Crippen molar-refractivity contribution in [2.45, 2.75) is 59.4 Å². The van der Waals surface area contributed by atoms with Gasteiger partial charge in [0.1, 0.15) is 0 Å². The minimum Gasteiger partial charge on any atom is -0.469 e. The van der Waals surface area contributed by atoms with Crippen molar-refractivity contribution in [3.05, 3.63) is 89.5 Å². The van der Waals surface area contributed by atoms with E-state index >= 15 is 8.78 Å². The van der Waals surface area contributed by atoms with E-state index in [1.54, 1.807) is 6.07 Å². The van der Waals surface area contributed by atoms with E-state index in [1.165, 1.54) is 7.11 Å². The van der Waals surface area contributed by atoms with Gasteiger partial charge in [-0.25, -0.2) is 8.78 Å². The lowest BCUT2D eigenvalue weighted by Gasteiger charge is -2.41. The summed E-state index contributed by atoms with van der Waals surface area (Å²) in [4.78, 5) is 14.0. The van der Waals surface area contributed by atoms with Crippen LogP contribution in [0.4, 0.5) is 14.5 Å². The molecule has 0 saturated carbocycles. The molecule has 1 saturated heterocycles. The van der Waals surface area contributed by atoms with Crippen LogP contribution in [0.25, 0.3) is 0 Å². The topological polar surface area (TPSA) is 48.0 Å². The van der Waals surface area contributed by atoms with Crippen molar-refractivity contribution < 1.29 is 27.5 Å². The molecule has 3 unspecified atom stereocenters. The molecule has 0 aliphatic carbocycles. The molecule has 214 valence electrons. The highest BCUT2D eigenvalue weighted by atomic mass is 28.3. The zero-order valence-corrected chi connectivity index (χ0v) is 25.3. The molecule has 3 aromatic carbocycles. The van der Waals surface area contributed by atoms with Gasteiger partial charge in [-0.3, -0.25) is 4.79 Å². The van der Waals surface area contributed by atoms with Gasteiger partial charge in [0, 0.05) is 24.2 Å². The fourth-order valence-electron chi connectivity index (χ4n) is 5.41. The lowest BCUT2D eigenvalue weighted by Crippen LogP contribution is -2.48. The third kappa shape index (κ3) is 6.79. The van der Waals surface area contributed by atoms with Crippen molar-refractivity contribution in [3.63, 3.8) is 0 Å². The maximum atomic E-state index is 16.2. The molecule has 0 radical (unpaired) electrons. The van der Waals surface area contributed by atoms with Crippen LogP contribution in [0.15, 0.2) is 66.7 Å². The zero-order valence-electron chi connectivity index (χ0n) is 24.1. The van der Waals surface area contributed by atoms with Crippen molar-refractivity contribution >= 4 is 31.1 Å². The average molecular weight is 568 g/mol. The number of methoxy groups -OCH3 is 1. The summed E-state index contributed by atoms with van der Waals surface area (Å²) in [6.45, 7) is 10.8. The van der Waals surface area contributed by atoms with E-state index in [-0.39, 0.29) is 29.9 Å². The van der Waals surface area contributed by atoms with Crippen LogP contribution in [-0.4, -0.2) is 47.4 Å². The first-order chi connectivity index (χ1) is 19.0. The molecule has 8 heteroatoms. The lowest BCUT2D eigenvalue weighted by molar-refractivity contribution is -0.139. The summed E-state index contributed by atoms with van der Waals surface area (Å²) in [5.74, 6) is -2.66. The van der Waals surface area contributed by atoms with Crippen LogP contribution >= 0.6 is 0 Å². The smallest absolute Gasteiger partial charge is 0.310 e. The Hall–Kier alpha value is -3.07. The van der Waals surface area contributed by atoms with E-state index < -0.39 is 38.2 Å². The number of carbonyl (C=O) groups excluding carboxylic acids is 1. The first-order valence-electron chi connectivity index (χ1n) is 13.7. The molecule has 1 aliphatic rings. The maximum Gasteiger partial charge on any atom is 0.310 e. The Morgan fingerprint density at radius 2 is 1.50 bits per heavy atom. The van der Waals surface area contributed by atoms with Gasteiger partial charge in [0.2, 0.25) is 9.04 Å². The Kier molecular flexibility index (Phi) is 9.43. The molecule has 3 aromatic rings. The zero-order chi connectivity index (χ0) is 29.0. The molecule has 1 fully saturated rings. The van der Waals surface area contributed by atoms with Gasteiger partial charge >= 0.3 is 5.97 Å². The average Bonchev–Trinajstić information content (AvgIpc) is 2.91. The molecule has 0 amide bonds. The maximum absolute atomic E-state index is 16.2. The number of morpholine rings is 1. The SMILES string of the molecule is COC(=O)Cc1cc(C(O[SiH](c2ccccc2)c2ccccc2)C(C)(C)C)c(N2CC(C)OC(C)C2)c(F)c1F. The first kappa shape index (κ1) is 29.9. The standard InChI is InChI=1S/C32H39F2NO4Si/c1-21-19-35(20-22(2)38-21)30-26(17-23(18-27(36)37-6)28(33)29(30)34)31(32(3,4)5)39-40(24-13-9-7-10-14-24)25-15-11-8-12-16-25/h7-17,21-22,31,40H,18-20H2,1-6H3. The second kappa shape index (κ2) is 12.6. The molecule has 0 spiro atoms. The van der Waals surface area contributed by atoms with Crippen LogP contribution in [-0.2, 0) is 25.1 Å². The van der Waals surface area contributed by atoms with E-state index in [0.29, 0.717) is 18.7 Å². The number of esters is 1. The van der Waals surface area contributed by atoms with Gasteiger partial charge in [-0.2, -0.15) is 0 Å².